The van der Waals surface area contributed by atoms with Crippen LogP contribution in [0.1, 0.15) is 0 Å². The molecule has 2 aromatic heterocycles. The van der Waals surface area contributed by atoms with E-state index in [-0.39, 0.29) is 23.2 Å². The van der Waals surface area contributed by atoms with E-state index in [4.69, 9.17) is 20.3 Å². The first kappa shape index (κ1) is 27.2. The molecule has 13 heteroatoms. The maximum Gasteiger partial charge on any atom is 0.251 e. The molecule has 4 aromatic rings. The lowest BCUT2D eigenvalue weighted by molar-refractivity contribution is -0.119. The number of aromatic nitrogens is 2. The first-order valence-corrected chi connectivity index (χ1v) is 12.0. The second kappa shape index (κ2) is 10.3. The largest absolute Gasteiger partial charge is 0.481 e. The van der Waals surface area contributed by atoms with Crippen molar-refractivity contribution in [2.75, 3.05) is 25.7 Å². The number of nitrogens with two attached hydrogens (primary N) is 2. The van der Waals surface area contributed by atoms with E-state index in [9.17, 15) is 18.3 Å². The predicted octanol–water partition coefficient (Wildman–Crippen LogP) is 1.80. The lowest BCUT2D eigenvalue weighted by atomic mass is 10.1. The number of aryl methyl sites for hydroxylation is 1. The van der Waals surface area contributed by atoms with Crippen LogP contribution in [0.5, 0.6) is 11.8 Å². The average molecular weight is 536 g/mol. The number of carbonyl (C=O) groups excluding carboxylic acids is 1. The van der Waals surface area contributed by atoms with Gasteiger partial charge in [-0.3, -0.25) is 9.69 Å². The minimum atomic E-state index is -3.88. The molecule has 2 heterocycles. The van der Waals surface area contributed by atoms with Crippen LogP contribution in [0.2, 0.25) is 0 Å². The van der Waals surface area contributed by atoms with E-state index in [2.05, 4.69) is 4.98 Å². The highest BCUT2D eigenvalue weighted by atomic mass is 35.5. The summed E-state index contributed by atoms with van der Waals surface area (Å²) in [5.41, 5.74) is 8.14. The molecule has 2 aromatic carbocycles. The molecule has 0 aliphatic rings. The molecular formula is C23H26ClN5O6S. The molecule has 0 aliphatic carbocycles. The Morgan fingerprint density at radius 1 is 1.08 bits per heavy atom. The highest BCUT2D eigenvalue weighted by molar-refractivity contribution is 7.89. The zero-order chi connectivity index (χ0) is 25.5. The smallest absolute Gasteiger partial charge is 0.251 e. The van der Waals surface area contributed by atoms with Gasteiger partial charge in [0.05, 0.1) is 36.9 Å². The second-order valence-corrected chi connectivity index (χ2v) is 9.39. The van der Waals surface area contributed by atoms with Crippen LogP contribution in [0.15, 0.2) is 53.4 Å². The van der Waals surface area contributed by atoms with E-state index in [1.54, 1.807) is 36.4 Å². The fraction of sp³-hybridized carbons (Fsp3) is 0.217. The quantitative estimate of drug-likeness (QED) is 0.322. The van der Waals surface area contributed by atoms with Crippen LogP contribution >= 0.6 is 12.4 Å². The molecule has 0 unspecified atom stereocenters. The number of halogens is 1. The Morgan fingerprint density at radius 2 is 1.81 bits per heavy atom. The van der Waals surface area contributed by atoms with Crippen molar-refractivity contribution in [1.82, 2.24) is 9.55 Å². The van der Waals surface area contributed by atoms with Crippen LogP contribution in [0, 0.1) is 0 Å². The number of carbonyl (C=O) groups is 1. The average Bonchev–Trinajstić information content (AvgIpc) is 3.14. The SMILES string of the molecule is COc1ccc(N(C(=O)[C@@H](N)CO)c2ccc3c4cc(S(N)(=O)=O)ccc4n(C)c3c2)c(OC)n1.Cl. The van der Waals surface area contributed by atoms with E-state index in [0.29, 0.717) is 22.6 Å². The predicted molar refractivity (Wildman–Crippen MR) is 139 cm³/mol. The summed E-state index contributed by atoms with van der Waals surface area (Å²) in [4.78, 5) is 18.9. The zero-order valence-corrected chi connectivity index (χ0v) is 21.3. The number of sulfonamides is 1. The van der Waals surface area contributed by atoms with Gasteiger partial charge in [-0.1, -0.05) is 6.07 Å². The Balaban J connectivity index is 0.00000361. The minimum Gasteiger partial charge on any atom is -0.481 e. The van der Waals surface area contributed by atoms with Gasteiger partial charge in [-0.2, -0.15) is 4.98 Å². The van der Waals surface area contributed by atoms with E-state index < -0.39 is 28.6 Å². The highest BCUT2D eigenvalue weighted by Gasteiger charge is 2.28. The van der Waals surface area contributed by atoms with Gasteiger partial charge in [-0.25, -0.2) is 13.6 Å². The van der Waals surface area contributed by atoms with Crippen molar-refractivity contribution in [1.29, 1.82) is 0 Å². The van der Waals surface area contributed by atoms with E-state index in [0.717, 1.165) is 16.4 Å². The fourth-order valence-electron chi connectivity index (χ4n) is 3.97. The minimum absolute atomic E-state index is 0. The molecular weight excluding hydrogens is 510 g/mol. The summed E-state index contributed by atoms with van der Waals surface area (Å²) in [6.45, 7) is -0.562. The summed E-state index contributed by atoms with van der Waals surface area (Å²) in [6, 6.07) is 11.9. The number of hydrogen-bond acceptors (Lipinski definition) is 8. The molecule has 0 saturated heterocycles. The summed E-state index contributed by atoms with van der Waals surface area (Å²) in [5, 5.41) is 16.3. The number of anilines is 2. The van der Waals surface area contributed by atoms with Crippen LogP contribution in [-0.4, -0.2) is 55.9 Å². The third kappa shape index (κ3) is 4.68. The van der Waals surface area contributed by atoms with Crippen molar-refractivity contribution in [2.24, 2.45) is 17.9 Å². The number of aliphatic hydroxyl groups is 1. The van der Waals surface area contributed by atoms with Crippen molar-refractivity contribution in [3.8, 4) is 11.8 Å². The Kier molecular flexibility index (Phi) is 7.76. The number of methoxy groups -OCH3 is 2. The summed E-state index contributed by atoms with van der Waals surface area (Å²) in [5.74, 6) is -0.163. The number of fused-ring (bicyclic) bond motifs is 3. The van der Waals surface area contributed by atoms with Gasteiger partial charge < -0.3 is 24.9 Å². The Bertz CT molecular complexity index is 1560. The fourth-order valence-corrected chi connectivity index (χ4v) is 4.51. The first-order chi connectivity index (χ1) is 16.6. The maximum atomic E-state index is 13.3. The summed E-state index contributed by atoms with van der Waals surface area (Å²) in [6.07, 6.45) is 0. The number of rotatable bonds is 7. The van der Waals surface area contributed by atoms with Gasteiger partial charge >= 0.3 is 0 Å². The van der Waals surface area contributed by atoms with Gasteiger partial charge in [0.2, 0.25) is 21.8 Å². The number of nitrogens with zero attached hydrogens (tertiary/aromatic N) is 3. The number of aliphatic hydroxyl groups excluding tert-OH is 1. The third-order valence-corrected chi connectivity index (χ3v) is 6.65. The topological polar surface area (TPSA) is 163 Å². The van der Waals surface area contributed by atoms with Crippen LogP contribution in [0.3, 0.4) is 0 Å². The molecule has 1 atom stereocenters. The third-order valence-electron chi connectivity index (χ3n) is 5.74. The molecule has 0 aliphatic heterocycles. The monoisotopic (exact) mass is 535 g/mol. The van der Waals surface area contributed by atoms with Crippen LogP contribution in [0.25, 0.3) is 21.8 Å². The number of pyridine rings is 1. The van der Waals surface area contributed by atoms with Crippen molar-refractivity contribution < 1.29 is 27.8 Å². The van der Waals surface area contributed by atoms with Crippen molar-refractivity contribution in [2.45, 2.75) is 10.9 Å². The van der Waals surface area contributed by atoms with Crippen LogP contribution in [0.4, 0.5) is 11.4 Å². The van der Waals surface area contributed by atoms with Gasteiger partial charge in [0.15, 0.2) is 0 Å². The van der Waals surface area contributed by atoms with E-state index in [1.165, 1.54) is 31.3 Å². The molecule has 0 saturated carbocycles. The lowest BCUT2D eigenvalue weighted by Gasteiger charge is -2.26. The number of hydrogen-bond donors (Lipinski definition) is 3. The van der Waals surface area contributed by atoms with Gasteiger partial charge in [0.25, 0.3) is 5.91 Å². The van der Waals surface area contributed by atoms with E-state index in [1.807, 2.05) is 11.6 Å². The van der Waals surface area contributed by atoms with Crippen molar-refractivity contribution in [3.05, 3.63) is 48.5 Å². The number of benzene rings is 2. The molecule has 4 rings (SSSR count). The zero-order valence-electron chi connectivity index (χ0n) is 19.7. The van der Waals surface area contributed by atoms with Gasteiger partial charge in [0.1, 0.15) is 11.7 Å². The van der Waals surface area contributed by atoms with Crippen LogP contribution < -0.4 is 25.2 Å². The molecule has 0 fully saturated rings. The van der Waals surface area contributed by atoms with Gasteiger partial charge in [-0.05, 0) is 36.4 Å². The number of amides is 1. The second-order valence-electron chi connectivity index (χ2n) is 7.83. The molecule has 11 nitrogen and oxygen atoms in total. The molecule has 5 N–H and O–H groups in total. The van der Waals surface area contributed by atoms with Crippen molar-refractivity contribution in [3.63, 3.8) is 0 Å². The highest BCUT2D eigenvalue weighted by Crippen LogP contribution is 2.38. The molecule has 0 spiro atoms. The Morgan fingerprint density at radius 3 is 2.42 bits per heavy atom. The van der Waals surface area contributed by atoms with Crippen molar-refractivity contribution >= 4 is 61.5 Å². The number of ether oxygens (including phenoxy) is 2. The summed E-state index contributed by atoms with van der Waals surface area (Å²) >= 11 is 0. The van der Waals surface area contributed by atoms with E-state index >= 15 is 0 Å². The Labute approximate surface area is 213 Å². The van der Waals surface area contributed by atoms with Gasteiger partial charge in [0, 0.05) is 29.4 Å². The Hall–Kier alpha value is -3.42. The summed E-state index contributed by atoms with van der Waals surface area (Å²) < 4.78 is 36.1. The molecule has 36 heavy (non-hydrogen) atoms. The molecule has 0 bridgehead atoms. The maximum absolute atomic E-state index is 13.3. The standard InChI is InChI=1S/C23H25N5O6S.ClH/c1-27-18-7-5-14(35(25,31)32)11-16(18)15-6-4-13(10-20(15)27)28(23(30)17(24)12-29)19-8-9-21(33-2)26-22(19)34-3;/h4-11,17,29H,12,24H2,1-3H3,(H2,25,31,32);1H/t17-;/m0./s1. The molecule has 0 radical (unpaired) electrons. The normalized spacial score (nSPS) is 12.3. The summed E-state index contributed by atoms with van der Waals surface area (Å²) in [7, 11) is 0.819. The lowest BCUT2D eigenvalue weighted by Crippen LogP contribution is -2.44. The van der Waals surface area contributed by atoms with Crippen LogP contribution in [-0.2, 0) is 21.9 Å². The number of primary sulfonamides is 1. The first-order valence-electron chi connectivity index (χ1n) is 10.4. The van der Waals surface area contributed by atoms with Gasteiger partial charge in [-0.15, -0.1) is 12.4 Å². The molecule has 192 valence electrons. The molecule has 1 amide bonds.